The van der Waals surface area contributed by atoms with E-state index in [0.717, 1.165) is 49.1 Å². The monoisotopic (exact) mass is 402 g/mol. The third-order valence-electron chi connectivity index (χ3n) is 5.61. The smallest absolute Gasteiger partial charge is 0.143 e. The zero-order chi connectivity index (χ0) is 21.1. The van der Waals surface area contributed by atoms with Gasteiger partial charge >= 0.3 is 0 Å². The van der Waals surface area contributed by atoms with Crippen molar-refractivity contribution < 1.29 is 9.47 Å². The van der Waals surface area contributed by atoms with Crippen LogP contribution in [0.3, 0.4) is 0 Å². The molecule has 2 heterocycles. The summed E-state index contributed by atoms with van der Waals surface area (Å²) in [5.41, 5.74) is 4.77. The fourth-order valence-corrected chi connectivity index (χ4v) is 3.97. The fraction of sp³-hybridized carbons (Fsp3) is 0.308. The summed E-state index contributed by atoms with van der Waals surface area (Å²) in [7, 11) is 0. The molecule has 0 saturated heterocycles. The highest BCUT2D eigenvalue weighted by Crippen LogP contribution is 2.35. The van der Waals surface area contributed by atoms with E-state index in [4.69, 9.17) is 9.47 Å². The molecule has 0 amide bonds. The van der Waals surface area contributed by atoms with Crippen molar-refractivity contribution in [1.29, 1.82) is 0 Å². The Morgan fingerprint density at radius 3 is 1.63 bits per heavy atom. The zero-order valence-electron chi connectivity index (χ0n) is 17.9. The van der Waals surface area contributed by atoms with Crippen molar-refractivity contribution in [2.75, 3.05) is 36.0 Å². The summed E-state index contributed by atoms with van der Waals surface area (Å²) in [6.07, 6.45) is 8.26. The van der Waals surface area contributed by atoms with Crippen LogP contribution >= 0.6 is 0 Å². The number of fused-ring (bicyclic) bond motifs is 2. The van der Waals surface area contributed by atoms with Gasteiger partial charge in [-0.25, -0.2) is 0 Å². The van der Waals surface area contributed by atoms with E-state index in [1.807, 2.05) is 12.2 Å². The van der Waals surface area contributed by atoms with Crippen LogP contribution in [-0.2, 0) is 0 Å². The number of rotatable bonds is 6. The molecule has 0 aliphatic carbocycles. The molecule has 0 aromatic heterocycles. The quantitative estimate of drug-likeness (QED) is 0.630. The van der Waals surface area contributed by atoms with Gasteiger partial charge in [-0.2, -0.15) is 0 Å². The van der Waals surface area contributed by atoms with Gasteiger partial charge in [-0.3, -0.25) is 0 Å². The molecule has 2 aromatic rings. The van der Waals surface area contributed by atoms with Gasteiger partial charge in [0.05, 0.1) is 24.5 Å². The van der Waals surface area contributed by atoms with Crippen LogP contribution in [0.4, 0.5) is 11.4 Å². The van der Waals surface area contributed by atoms with Gasteiger partial charge in [-0.15, -0.1) is 0 Å². The Morgan fingerprint density at radius 1 is 0.800 bits per heavy atom. The van der Waals surface area contributed by atoms with Gasteiger partial charge in [-0.05, 0) is 61.4 Å². The maximum Gasteiger partial charge on any atom is 0.143 e. The molecular weight excluding hydrogens is 372 g/mol. The number of hydrogen-bond acceptors (Lipinski definition) is 4. The van der Waals surface area contributed by atoms with Gasteiger partial charge < -0.3 is 19.3 Å². The summed E-state index contributed by atoms with van der Waals surface area (Å²) < 4.78 is 12.1. The van der Waals surface area contributed by atoms with Crippen LogP contribution < -0.4 is 19.3 Å². The van der Waals surface area contributed by atoms with E-state index in [9.17, 15) is 0 Å². The van der Waals surface area contributed by atoms with Gasteiger partial charge in [0, 0.05) is 13.1 Å². The average molecular weight is 403 g/mol. The Labute approximate surface area is 179 Å². The first-order chi connectivity index (χ1) is 14.6. The first-order valence-corrected chi connectivity index (χ1v) is 10.5. The molecule has 4 rings (SSSR count). The maximum absolute atomic E-state index is 6.03. The van der Waals surface area contributed by atoms with Crippen LogP contribution in [0.25, 0.3) is 0 Å². The molecule has 4 nitrogen and oxygen atoms in total. The average Bonchev–Trinajstić information content (AvgIpc) is 2.76. The van der Waals surface area contributed by atoms with Gasteiger partial charge in [0.2, 0.25) is 0 Å². The minimum Gasteiger partial charge on any atom is -0.482 e. The second-order valence-corrected chi connectivity index (χ2v) is 8.01. The van der Waals surface area contributed by atoms with Crippen molar-refractivity contribution in [3.63, 3.8) is 0 Å². The lowest BCUT2D eigenvalue weighted by Gasteiger charge is -2.35. The minimum atomic E-state index is 0.0102. The molecule has 0 radical (unpaired) electrons. The highest BCUT2D eigenvalue weighted by Gasteiger charge is 2.24. The second-order valence-electron chi connectivity index (χ2n) is 8.01. The summed E-state index contributed by atoms with van der Waals surface area (Å²) in [5, 5.41) is 0. The lowest BCUT2D eigenvalue weighted by Crippen LogP contribution is -2.40. The molecule has 2 atom stereocenters. The molecule has 156 valence electrons. The summed E-state index contributed by atoms with van der Waals surface area (Å²) in [6.45, 7) is 15.3. The Hall–Kier alpha value is -3.14. The largest absolute Gasteiger partial charge is 0.482 e. The van der Waals surface area contributed by atoms with Crippen LogP contribution in [0.15, 0.2) is 73.9 Å². The molecule has 0 N–H and O–H groups in total. The van der Waals surface area contributed by atoms with Gasteiger partial charge in [0.15, 0.2) is 0 Å². The maximum atomic E-state index is 6.03. The Balaban J connectivity index is 1.47. The molecular formula is C26H30N2O2. The number of nitrogens with zero attached hydrogens (tertiary/aromatic N) is 2. The molecule has 0 spiro atoms. The summed E-state index contributed by atoms with van der Waals surface area (Å²) in [4.78, 5) is 4.72. The van der Waals surface area contributed by atoms with Crippen LogP contribution in [0, 0.1) is 13.8 Å². The molecule has 30 heavy (non-hydrogen) atoms. The van der Waals surface area contributed by atoms with E-state index in [1.54, 1.807) is 0 Å². The van der Waals surface area contributed by atoms with Crippen LogP contribution in [0.5, 0.6) is 11.5 Å². The van der Waals surface area contributed by atoms with E-state index in [2.05, 4.69) is 85.4 Å². The molecule has 2 aromatic carbocycles. The molecule has 0 bridgehead atoms. The van der Waals surface area contributed by atoms with E-state index in [1.165, 1.54) is 11.1 Å². The fourth-order valence-electron chi connectivity index (χ4n) is 3.97. The Kier molecular flexibility index (Phi) is 5.84. The van der Waals surface area contributed by atoms with Crippen molar-refractivity contribution in [2.45, 2.75) is 26.1 Å². The second kappa shape index (κ2) is 8.70. The van der Waals surface area contributed by atoms with Crippen molar-refractivity contribution in [1.82, 2.24) is 0 Å². The van der Waals surface area contributed by atoms with Crippen molar-refractivity contribution in [3.05, 3.63) is 85.0 Å². The standard InChI is InChI=1S/C26H30N2O2/c1-5-21-17-27(23-15-19(3)9-11-25(23)29-21)13-7-8-14-28-18-22(6-2)30-26-12-10-20(4)16-24(26)28/h5-12,15-16,21-22H,1-2,13-14,17-18H2,3-4H3/b8-7+. The highest BCUT2D eigenvalue weighted by atomic mass is 16.5. The predicted octanol–water partition coefficient (Wildman–Crippen LogP) is 5.07. The molecule has 2 aliphatic heterocycles. The Bertz CT molecular complexity index is 888. The molecule has 4 heteroatoms. The van der Waals surface area contributed by atoms with E-state index < -0.39 is 0 Å². The van der Waals surface area contributed by atoms with Crippen LogP contribution in [0.2, 0.25) is 0 Å². The highest BCUT2D eigenvalue weighted by molar-refractivity contribution is 5.63. The predicted molar refractivity (Wildman–Crippen MR) is 125 cm³/mol. The topological polar surface area (TPSA) is 24.9 Å². The first-order valence-electron chi connectivity index (χ1n) is 10.5. The number of ether oxygens (including phenoxy) is 2. The van der Waals surface area contributed by atoms with E-state index >= 15 is 0 Å². The lowest BCUT2D eigenvalue weighted by molar-refractivity contribution is 0.240. The molecule has 0 saturated carbocycles. The third-order valence-corrected chi connectivity index (χ3v) is 5.61. The van der Waals surface area contributed by atoms with Gasteiger partial charge in [-0.1, -0.05) is 37.4 Å². The number of aryl methyl sites for hydroxylation is 2. The summed E-state index contributed by atoms with van der Waals surface area (Å²) >= 11 is 0. The van der Waals surface area contributed by atoms with Crippen molar-refractivity contribution in [2.24, 2.45) is 0 Å². The van der Waals surface area contributed by atoms with Gasteiger partial charge in [0.1, 0.15) is 23.7 Å². The van der Waals surface area contributed by atoms with E-state index in [-0.39, 0.29) is 12.2 Å². The lowest BCUT2D eigenvalue weighted by atomic mass is 10.1. The molecule has 0 fully saturated rings. The van der Waals surface area contributed by atoms with Crippen LogP contribution in [0.1, 0.15) is 11.1 Å². The summed E-state index contributed by atoms with van der Waals surface area (Å²) in [5.74, 6) is 1.85. The number of benzene rings is 2. The minimum absolute atomic E-state index is 0.0102. The van der Waals surface area contributed by atoms with Gasteiger partial charge in [0.25, 0.3) is 0 Å². The Morgan fingerprint density at radius 2 is 1.23 bits per heavy atom. The molecule has 2 aliphatic rings. The normalized spacial score (nSPS) is 20.2. The van der Waals surface area contributed by atoms with Crippen molar-refractivity contribution in [3.8, 4) is 11.5 Å². The number of anilines is 2. The van der Waals surface area contributed by atoms with E-state index in [0.29, 0.717) is 0 Å². The third kappa shape index (κ3) is 4.23. The number of hydrogen-bond donors (Lipinski definition) is 0. The zero-order valence-corrected chi connectivity index (χ0v) is 17.9. The van der Waals surface area contributed by atoms with Crippen molar-refractivity contribution >= 4 is 11.4 Å². The molecule has 2 unspecified atom stereocenters. The first kappa shape index (κ1) is 20.1. The van der Waals surface area contributed by atoms with Crippen LogP contribution in [-0.4, -0.2) is 38.4 Å². The summed E-state index contributed by atoms with van der Waals surface area (Å²) in [6, 6.07) is 12.7. The SMILES string of the molecule is C=CC1CN(C/C=C/CN2CC(C=C)Oc3ccc(C)cc32)c2cc(C)ccc2O1.